The van der Waals surface area contributed by atoms with Crippen LogP contribution in [0.5, 0.6) is 0 Å². The molecule has 5 N–H and O–H groups in total. The lowest BCUT2D eigenvalue weighted by Crippen LogP contribution is -2.23. The number of amides is 2. The number of carbonyl (C=O) groups excluding carboxylic acids is 3. The van der Waals surface area contributed by atoms with Gasteiger partial charge in [0, 0.05) is 17.7 Å². The van der Waals surface area contributed by atoms with Crippen LogP contribution in [0.1, 0.15) is 76.9 Å². The second-order valence-corrected chi connectivity index (χ2v) is 9.74. The quantitative estimate of drug-likeness (QED) is 0.303. The van der Waals surface area contributed by atoms with Gasteiger partial charge >= 0.3 is 5.97 Å². The number of esters is 1. The van der Waals surface area contributed by atoms with Gasteiger partial charge in [0.15, 0.2) is 0 Å². The molecular formula is C29H35N5O4. The number of nitrogens with zero attached hydrogens (tertiary/aromatic N) is 2. The van der Waals surface area contributed by atoms with Gasteiger partial charge in [-0.3, -0.25) is 14.4 Å². The Hall–Kier alpha value is -4.14. The van der Waals surface area contributed by atoms with E-state index in [1.54, 1.807) is 17.7 Å². The Morgan fingerprint density at radius 1 is 1.08 bits per heavy atom. The van der Waals surface area contributed by atoms with Crippen molar-refractivity contribution in [3.8, 4) is 11.3 Å². The van der Waals surface area contributed by atoms with E-state index < -0.39 is 5.91 Å². The van der Waals surface area contributed by atoms with Crippen LogP contribution in [0.3, 0.4) is 0 Å². The summed E-state index contributed by atoms with van der Waals surface area (Å²) in [6.07, 6.45) is 3.93. The molecule has 1 aliphatic carbocycles. The molecular weight excluding hydrogens is 482 g/mol. The second kappa shape index (κ2) is 11.9. The van der Waals surface area contributed by atoms with Crippen molar-refractivity contribution in [3.63, 3.8) is 0 Å². The molecule has 1 aromatic heterocycles. The van der Waals surface area contributed by atoms with Crippen LogP contribution < -0.4 is 16.8 Å². The average Bonchev–Trinajstić information content (AvgIpc) is 3.07. The van der Waals surface area contributed by atoms with Gasteiger partial charge in [-0.2, -0.15) is 5.10 Å². The van der Waals surface area contributed by atoms with E-state index in [0.717, 1.165) is 36.8 Å². The Morgan fingerprint density at radius 2 is 1.79 bits per heavy atom. The van der Waals surface area contributed by atoms with E-state index in [0.29, 0.717) is 36.4 Å². The van der Waals surface area contributed by atoms with Crippen molar-refractivity contribution >= 4 is 23.6 Å². The summed E-state index contributed by atoms with van der Waals surface area (Å²) < 4.78 is 6.92. The van der Waals surface area contributed by atoms with Crippen LogP contribution in [-0.4, -0.2) is 34.2 Å². The molecule has 9 nitrogen and oxygen atoms in total. The van der Waals surface area contributed by atoms with Gasteiger partial charge in [0.2, 0.25) is 0 Å². The molecule has 1 saturated carbocycles. The molecule has 1 fully saturated rings. The topological polar surface area (TPSA) is 142 Å². The summed E-state index contributed by atoms with van der Waals surface area (Å²) in [5, 5.41) is 7.67. The summed E-state index contributed by atoms with van der Waals surface area (Å²) >= 11 is 0. The molecule has 2 atom stereocenters. The smallest absolute Gasteiger partial charge is 0.308 e. The standard InChI is InChI=1S/C29H35N5O4/c1-3-38-29(37)21-9-5-6-10-22(16-21)34-26(30)24(27(31)35)25(33-34)20-14-12-19(13-15-20)17-32-28(36)23-11-7-4-8-18(23)2/h4,7-8,11-15,21-22H,3,5-6,9-10,16-17,30H2,1-2H3,(H2,31,35)(H,32,36)/t21-,22+/m0/s1. The first-order valence-corrected chi connectivity index (χ1v) is 13.1. The monoisotopic (exact) mass is 517 g/mol. The summed E-state index contributed by atoms with van der Waals surface area (Å²) in [5.74, 6) is -1.03. The van der Waals surface area contributed by atoms with Crippen LogP contribution in [0, 0.1) is 12.8 Å². The number of aryl methyl sites for hydroxylation is 1. The van der Waals surface area contributed by atoms with Gasteiger partial charge in [-0.05, 0) is 50.3 Å². The summed E-state index contributed by atoms with van der Waals surface area (Å²) in [5.41, 5.74) is 15.9. The molecule has 0 saturated heterocycles. The van der Waals surface area contributed by atoms with Gasteiger partial charge in [-0.1, -0.05) is 55.3 Å². The first kappa shape index (κ1) is 26.9. The van der Waals surface area contributed by atoms with Crippen molar-refractivity contribution in [2.75, 3.05) is 12.3 Å². The summed E-state index contributed by atoms with van der Waals surface area (Å²) in [6, 6.07) is 14.7. The van der Waals surface area contributed by atoms with Gasteiger partial charge in [0.1, 0.15) is 17.1 Å². The fourth-order valence-corrected chi connectivity index (χ4v) is 5.09. The zero-order chi connectivity index (χ0) is 27.2. The minimum absolute atomic E-state index is 0.140. The molecule has 0 bridgehead atoms. The number of rotatable bonds is 8. The summed E-state index contributed by atoms with van der Waals surface area (Å²) in [7, 11) is 0. The number of hydrogen-bond acceptors (Lipinski definition) is 6. The summed E-state index contributed by atoms with van der Waals surface area (Å²) in [4.78, 5) is 37.4. The van der Waals surface area contributed by atoms with Gasteiger partial charge in [0.05, 0.1) is 18.6 Å². The van der Waals surface area contributed by atoms with Crippen LogP contribution in [0.25, 0.3) is 11.3 Å². The third-order valence-electron chi connectivity index (χ3n) is 7.13. The minimum atomic E-state index is -0.658. The SMILES string of the molecule is CCOC(=O)[C@H]1CCCC[C@@H](n2nc(-c3ccc(CNC(=O)c4ccccc4C)cc3)c(C(N)=O)c2N)C1. The maximum atomic E-state index is 12.5. The second-order valence-electron chi connectivity index (χ2n) is 9.74. The first-order valence-electron chi connectivity index (χ1n) is 13.1. The van der Waals surface area contributed by atoms with Crippen LogP contribution in [0.4, 0.5) is 5.82 Å². The highest BCUT2D eigenvalue weighted by Crippen LogP contribution is 2.36. The molecule has 2 amide bonds. The van der Waals surface area contributed by atoms with E-state index in [9.17, 15) is 14.4 Å². The number of nitrogens with one attached hydrogen (secondary N) is 1. The van der Waals surface area contributed by atoms with Crippen molar-refractivity contribution in [3.05, 3.63) is 70.8 Å². The summed E-state index contributed by atoms with van der Waals surface area (Å²) in [6.45, 7) is 4.39. The Labute approximate surface area is 222 Å². The molecule has 1 heterocycles. The lowest BCUT2D eigenvalue weighted by atomic mass is 9.98. The van der Waals surface area contributed by atoms with Crippen LogP contribution in [0.15, 0.2) is 48.5 Å². The van der Waals surface area contributed by atoms with E-state index in [-0.39, 0.29) is 35.2 Å². The maximum Gasteiger partial charge on any atom is 0.308 e. The minimum Gasteiger partial charge on any atom is -0.466 e. The highest BCUT2D eigenvalue weighted by atomic mass is 16.5. The number of benzene rings is 2. The van der Waals surface area contributed by atoms with Crippen LogP contribution in [-0.2, 0) is 16.1 Å². The number of nitrogen functional groups attached to an aromatic ring is 1. The predicted molar refractivity (Wildman–Crippen MR) is 145 cm³/mol. The normalized spacial score (nSPS) is 17.4. The van der Waals surface area contributed by atoms with Gasteiger partial charge in [-0.25, -0.2) is 4.68 Å². The Morgan fingerprint density at radius 3 is 2.47 bits per heavy atom. The highest BCUT2D eigenvalue weighted by Gasteiger charge is 2.31. The molecule has 38 heavy (non-hydrogen) atoms. The van der Waals surface area contributed by atoms with Crippen LogP contribution >= 0.6 is 0 Å². The Kier molecular flexibility index (Phi) is 8.45. The zero-order valence-electron chi connectivity index (χ0n) is 21.9. The number of nitrogens with two attached hydrogens (primary N) is 2. The van der Waals surface area contributed by atoms with E-state index in [2.05, 4.69) is 5.32 Å². The molecule has 0 aliphatic heterocycles. The molecule has 1 aliphatic rings. The van der Waals surface area contributed by atoms with Crippen molar-refractivity contribution in [2.45, 2.75) is 58.5 Å². The largest absolute Gasteiger partial charge is 0.466 e. The lowest BCUT2D eigenvalue weighted by molar-refractivity contribution is -0.148. The van der Waals surface area contributed by atoms with Crippen molar-refractivity contribution < 1.29 is 19.1 Å². The van der Waals surface area contributed by atoms with Crippen molar-refractivity contribution in [1.82, 2.24) is 15.1 Å². The zero-order valence-corrected chi connectivity index (χ0v) is 21.9. The molecule has 0 spiro atoms. The fourth-order valence-electron chi connectivity index (χ4n) is 5.09. The van der Waals surface area contributed by atoms with E-state index >= 15 is 0 Å². The Bertz CT molecular complexity index is 1320. The number of hydrogen-bond donors (Lipinski definition) is 3. The fraction of sp³-hybridized carbons (Fsp3) is 0.379. The van der Waals surface area contributed by atoms with Crippen molar-refractivity contribution in [1.29, 1.82) is 0 Å². The van der Waals surface area contributed by atoms with Gasteiger partial charge in [-0.15, -0.1) is 0 Å². The molecule has 200 valence electrons. The number of carbonyl (C=O) groups is 3. The number of aromatic nitrogens is 2. The predicted octanol–water partition coefficient (Wildman–Crippen LogP) is 4.15. The molecule has 4 rings (SSSR count). The average molecular weight is 518 g/mol. The van der Waals surface area contributed by atoms with Crippen LogP contribution in [0.2, 0.25) is 0 Å². The maximum absolute atomic E-state index is 12.5. The number of ether oxygens (including phenoxy) is 1. The van der Waals surface area contributed by atoms with Gasteiger partial charge in [0.25, 0.3) is 11.8 Å². The molecule has 3 aromatic rings. The molecule has 0 unspecified atom stereocenters. The van der Waals surface area contributed by atoms with E-state index in [1.165, 1.54) is 0 Å². The Balaban J connectivity index is 1.54. The molecule has 0 radical (unpaired) electrons. The molecule has 2 aromatic carbocycles. The van der Waals surface area contributed by atoms with Gasteiger partial charge < -0.3 is 21.5 Å². The third kappa shape index (κ3) is 5.88. The van der Waals surface area contributed by atoms with E-state index in [1.807, 2.05) is 49.4 Å². The third-order valence-corrected chi connectivity index (χ3v) is 7.13. The van der Waals surface area contributed by atoms with Crippen molar-refractivity contribution in [2.24, 2.45) is 11.7 Å². The highest BCUT2D eigenvalue weighted by molar-refractivity contribution is 6.03. The molecule has 9 heteroatoms. The first-order chi connectivity index (χ1) is 18.3. The number of anilines is 1. The van der Waals surface area contributed by atoms with E-state index in [4.69, 9.17) is 21.3 Å². The number of primary amides is 1. The lowest BCUT2D eigenvalue weighted by Gasteiger charge is -2.20.